The van der Waals surface area contributed by atoms with E-state index in [9.17, 15) is 19.2 Å². The van der Waals surface area contributed by atoms with Gasteiger partial charge in [-0.25, -0.2) is 9.59 Å². The second kappa shape index (κ2) is 16.9. The zero-order valence-corrected chi connectivity index (χ0v) is 25.8. The predicted octanol–water partition coefficient (Wildman–Crippen LogP) is -2.38. The number of para-hydroxylation sites is 2. The van der Waals surface area contributed by atoms with Crippen molar-refractivity contribution >= 4 is 59.0 Å². The van der Waals surface area contributed by atoms with Crippen LogP contribution in [0, 0.1) is 0 Å². The van der Waals surface area contributed by atoms with E-state index in [2.05, 4.69) is 59.9 Å². The molecular formula is C24H32N14O10. The van der Waals surface area contributed by atoms with Gasteiger partial charge in [-0.1, -0.05) is 12.1 Å². The van der Waals surface area contributed by atoms with Crippen molar-refractivity contribution in [2.24, 2.45) is 23.6 Å². The molecule has 0 radical (unpaired) electrons. The van der Waals surface area contributed by atoms with Gasteiger partial charge in [0.15, 0.2) is 0 Å². The molecule has 0 aliphatic heterocycles. The van der Waals surface area contributed by atoms with E-state index in [0.717, 1.165) is 0 Å². The monoisotopic (exact) mass is 676 g/mol. The predicted molar refractivity (Wildman–Crippen MR) is 160 cm³/mol. The molecule has 0 aliphatic rings. The van der Waals surface area contributed by atoms with Crippen LogP contribution in [0.3, 0.4) is 0 Å². The first-order valence-electron chi connectivity index (χ1n) is 13.3. The molecule has 0 saturated carbocycles. The minimum Gasteiger partial charge on any atom is -0.447 e. The SMILES string of the molecule is CN(C)c1nc(Nc2ccccc2Nc2nc(OC(CC(=O)ON)C(=O)ON)nc(N(C)C)n2)nc(OC(CC(=O)ON)C(=O)ON)n1. The number of nitrogens with zero attached hydrogens (tertiary/aromatic N) is 8. The molecule has 10 N–H and O–H groups in total. The molecule has 3 rings (SSSR count). The summed E-state index contributed by atoms with van der Waals surface area (Å²) in [5.74, 6) is 15.5. The van der Waals surface area contributed by atoms with Gasteiger partial charge in [-0.3, -0.25) is 9.59 Å². The van der Waals surface area contributed by atoms with Crippen LogP contribution >= 0.6 is 0 Å². The number of nitrogens with two attached hydrogens (primary N) is 4. The molecule has 0 saturated heterocycles. The molecule has 2 heterocycles. The number of ether oxygens (including phenoxy) is 2. The maximum absolute atomic E-state index is 12.1. The van der Waals surface area contributed by atoms with Crippen LogP contribution < -0.4 is 53.5 Å². The van der Waals surface area contributed by atoms with Gasteiger partial charge in [0, 0.05) is 28.2 Å². The van der Waals surface area contributed by atoms with Gasteiger partial charge in [-0.2, -0.15) is 53.5 Å². The van der Waals surface area contributed by atoms with Crippen molar-refractivity contribution in [3.63, 3.8) is 0 Å². The molecule has 1 aromatic carbocycles. The van der Waals surface area contributed by atoms with E-state index in [1.54, 1.807) is 52.5 Å². The summed E-state index contributed by atoms with van der Waals surface area (Å²) in [6.45, 7) is 0. The summed E-state index contributed by atoms with van der Waals surface area (Å²) in [6.07, 6.45) is -4.54. The van der Waals surface area contributed by atoms with Crippen molar-refractivity contribution in [2.75, 3.05) is 48.6 Å². The summed E-state index contributed by atoms with van der Waals surface area (Å²) < 4.78 is 11.0. The van der Waals surface area contributed by atoms with Gasteiger partial charge >= 0.3 is 35.9 Å². The molecule has 24 heteroatoms. The van der Waals surface area contributed by atoms with Gasteiger partial charge in [0.1, 0.15) is 0 Å². The van der Waals surface area contributed by atoms with Gasteiger partial charge < -0.3 is 49.3 Å². The number of carbonyl (C=O) groups is 4. The molecule has 0 spiro atoms. The molecule has 0 bridgehead atoms. The quantitative estimate of drug-likeness (QED) is 0.0862. The second-order valence-electron chi connectivity index (χ2n) is 9.54. The lowest BCUT2D eigenvalue weighted by Gasteiger charge is -2.18. The Kier molecular flexibility index (Phi) is 12.8. The summed E-state index contributed by atoms with van der Waals surface area (Å²) in [6, 6.07) is 5.90. The molecule has 0 aliphatic carbocycles. The Labute approximate surface area is 270 Å². The van der Waals surface area contributed by atoms with E-state index in [-0.39, 0.29) is 35.8 Å². The minimum absolute atomic E-state index is 0.0669. The Morgan fingerprint density at radius 2 is 1.00 bits per heavy atom. The molecule has 2 aromatic heterocycles. The average Bonchev–Trinajstić information content (AvgIpc) is 3.07. The number of anilines is 6. The standard InChI is InChI=1S/C24H32N14O10/c1-37(2)21-31-19(33-23(35-21)43-13(17(41)47-27)9-15(39)45-25)29-11-7-5-6-8-12(11)30-20-32-22(38(3)4)36-24(34-20)44-14(18(42)48-28)10-16(40)46-26/h5-8,13-14H,9-10,25-28H2,1-4H3,(H,29,31,33,35)(H,30,32,34,36). The Bertz CT molecular complexity index is 1490. The Hall–Kier alpha value is -6.24. The van der Waals surface area contributed by atoms with Gasteiger partial charge in [0.05, 0.1) is 24.2 Å². The first kappa shape index (κ1) is 36.2. The largest absolute Gasteiger partial charge is 0.447 e. The molecule has 2 unspecified atom stereocenters. The summed E-state index contributed by atoms with van der Waals surface area (Å²) >= 11 is 0. The number of aromatic nitrogens is 6. The lowest BCUT2D eigenvalue weighted by molar-refractivity contribution is -0.159. The van der Waals surface area contributed by atoms with E-state index in [1.807, 2.05) is 0 Å². The topological polar surface area (TPSA) is 336 Å². The number of carbonyl (C=O) groups excluding carboxylic acids is 4. The Morgan fingerprint density at radius 3 is 1.31 bits per heavy atom. The highest BCUT2D eigenvalue weighted by Crippen LogP contribution is 2.28. The van der Waals surface area contributed by atoms with Crippen molar-refractivity contribution in [3.05, 3.63) is 24.3 Å². The number of rotatable bonds is 16. The number of hydrogen-bond acceptors (Lipinski definition) is 24. The van der Waals surface area contributed by atoms with Crippen LogP contribution in [-0.2, 0) is 38.5 Å². The molecular weight excluding hydrogens is 644 g/mol. The van der Waals surface area contributed by atoms with Gasteiger partial charge in [0.2, 0.25) is 36.0 Å². The zero-order chi connectivity index (χ0) is 35.4. The van der Waals surface area contributed by atoms with Gasteiger partial charge in [0.25, 0.3) is 0 Å². The summed E-state index contributed by atoms with van der Waals surface area (Å²) in [5, 5.41) is 5.99. The Balaban J connectivity index is 1.96. The van der Waals surface area contributed by atoms with Crippen LogP contribution in [0.15, 0.2) is 24.3 Å². The van der Waals surface area contributed by atoms with Crippen LogP contribution in [0.5, 0.6) is 12.0 Å². The smallest absolute Gasteiger partial charge is 0.366 e. The van der Waals surface area contributed by atoms with Crippen molar-refractivity contribution < 1.29 is 48.0 Å². The first-order chi connectivity index (χ1) is 22.9. The van der Waals surface area contributed by atoms with E-state index in [1.165, 1.54) is 9.80 Å². The lowest BCUT2D eigenvalue weighted by Crippen LogP contribution is -2.35. The summed E-state index contributed by atoms with van der Waals surface area (Å²) in [5.41, 5.74) is 0.738. The number of hydrogen-bond donors (Lipinski definition) is 6. The van der Waals surface area contributed by atoms with Crippen molar-refractivity contribution in [1.82, 2.24) is 29.9 Å². The zero-order valence-electron chi connectivity index (χ0n) is 25.8. The van der Waals surface area contributed by atoms with E-state index in [0.29, 0.717) is 11.4 Å². The minimum atomic E-state index is -1.61. The van der Waals surface area contributed by atoms with Crippen LogP contribution in [-0.4, -0.2) is 94.2 Å². The highest BCUT2D eigenvalue weighted by atomic mass is 16.7. The fourth-order valence-corrected chi connectivity index (χ4v) is 3.40. The molecule has 2 atom stereocenters. The van der Waals surface area contributed by atoms with E-state index in [4.69, 9.17) is 33.1 Å². The van der Waals surface area contributed by atoms with Crippen molar-refractivity contribution in [3.8, 4) is 12.0 Å². The first-order valence-corrected chi connectivity index (χ1v) is 13.3. The molecule has 3 aromatic rings. The average molecular weight is 677 g/mol. The Morgan fingerprint density at radius 1 is 0.625 bits per heavy atom. The fraction of sp³-hybridized carbons (Fsp3) is 0.333. The normalized spacial score (nSPS) is 11.7. The molecule has 24 nitrogen and oxygen atoms in total. The number of nitrogens with one attached hydrogen (secondary N) is 2. The van der Waals surface area contributed by atoms with Crippen LogP contribution in [0.2, 0.25) is 0 Å². The molecule has 258 valence electrons. The van der Waals surface area contributed by atoms with Crippen LogP contribution in [0.1, 0.15) is 12.8 Å². The maximum atomic E-state index is 12.1. The molecule has 48 heavy (non-hydrogen) atoms. The van der Waals surface area contributed by atoms with Crippen molar-refractivity contribution in [1.29, 1.82) is 0 Å². The van der Waals surface area contributed by atoms with Crippen LogP contribution in [0.4, 0.5) is 35.2 Å². The highest BCUT2D eigenvalue weighted by Gasteiger charge is 2.29. The molecule has 0 amide bonds. The van der Waals surface area contributed by atoms with Gasteiger partial charge in [-0.15, -0.1) is 0 Å². The lowest BCUT2D eigenvalue weighted by atomic mass is 10.2. The maximum Gasteiger partial charge on any atom is 0.366 e. The van der Waals surface area contributed by atoms with Crippen molar-refractivity contribution in [2.45, 2.75) is 25.0 Å². The second-order valence-corrected chi connectivity index (χ2v) is 9.54. The highest BCUT2D eigenvalue weighted by molar-refractivity contribution is 5.82. The third kappa shape index (κ3) is 10.1. The van der Waals surface area contributed by atoms with E-state index >= 15 is 0 Å². The van der Waals surface area contributed by atoms with Crippen LogP contribution in [0.25, 0.3) is 0 Å². The third-order valence-corrected chi connectivity index (χ3v) is 5.65. The summed E-state index contributed by atoms with van der Waals surface area (Å²) in [7, 11) is 6.54. The molecule has 0 fully saturated rings. The van der Waals surface area contributed by atoms with E-state index < -0.39 is 48.9 Å². The fourth-order valence-electron chi connectivity index (χ4n) is 3.40. The summed E-state index contributed by atoms with van der Waals surface area (Å²) in [4.78, 5) is 92.6. The third-order valence-electron chi connectivity index (χ3n) is 5.65. The van der Waals surface area contributed by atoms with Gasteiger partial charge in [-0.05, 0) is 12.1 Å². The number of benzene rings is 1.